The van der Waals surface area contributed by atoms with Gasteiger partial charge in [0.15, 0.2) is 0 Å². The highest BCUT2D eigenvalue weighted by atomic mass is 35.5. The zero-order valence-electron chi connectivity index (χ0n) is 10.9. The number of rotatable bonds is 6. The fraction of sp³-hybridized carbons (Fsp3) is 0.200. The molecule has 0 aromatic heterocycles. The molecule has 3 N–H and O–H groups in total. The molecule has 5 heteroatoms. The molecule has 0 aliphatic carbocycles. The Kier molecular flexibility index (Phi) is 5.86. The van der Waals surface area contributed by atoms with Crippen LogP contribution >= 0.6 is 23.4 Å². The second kappa shape index (κ2) is 7.64. The van der Waals surface area contributed by atoms with Gasteiger partial charge in [-0.1, -0.05) is 35.9 Å². The highest BCUT2D eigenvalue weighted by Gasteiger charge is 2.10. The van der Waals surface area contributed by atoms with Gasteiger partial charge < -0.3 is 0 Å². The molecule has 0 saturated heterocycles. The third-order valence-corrected chi connectivity index (χ3v) is 4.33. The lowest BCUT2D eigenvalue weighted by Gasteiger charge is -2.16. The van der Waals surface area contributed by atoms with E-state index >= 15 is 0 Å². The van der Waals surface area contributed by atoms with E-state index in [0.29, 0.717) is 15.7 Å². The summed E-state index contributed by atoms with van der Waals surface area (Å²) >= 11 is 7.41. The summed E-state index contributed by atoms with van der Waals surface area (Å²) in [5, 5.41) is 0.708. The molecule has 2 nitrogen and oxygen atoms in total. The van der Waals surface area contributed by atoms with Gasteiger partial charge in [0.25, 0.3) is 0 Å². The molecule has 0 heterocycles. The number of nitrogens with two attached hydrogens (primary N) is 1. The van der Waals surface area contributed by atoms with E-state index in [0.717, 1.165) is 12.0 Å². The SMILES string of the molecule is NNC(CSc1ccccc1F)Cc1cccc(Cl)c1. The third-order valence-electron chi connectivity index (χ3n) is 2.88. The Morgan fingerprint density at radius 1 is 1.20 bits per heavy atom. The van der Waals surface area contributed by atoms with E-state index in [9.17, 15) is 4.39 Å². The lowest BCUT2D eigenvalue weighted by atomic mass is 10.1. The summed E-state index contributed by atoms with van der Waals surface area (Å²) in [4.78, 5) is 0.638. The number of nitrogens with one attached hydrogen (secondary N) is 1. The van der Waals surface area contributed by atoms with Crippen molar-refractivity contribution in [3.63, 3.8) is 0 Å². The number of halogens is 2. The van der Waals surface area contributed by atoms with Crippen LogP contribution in [0.4, 0.5) is 4.39 Å². The van der Waals surface area contributed by atoms with Gasteiger partial charge in [-0.2, -0.15) is 0 Å². The molecule has 2 aromatic carbocycles. The van der Waals surface area contributed by atoms with Crippen molar-refractivity contribution >= 4 is 23.4 Å². The summed E-state index contributed by atoms with van der Waals surface area (Å²) in [5.74, 6) is 6.06. The first-order chi connectivity index (χ1) is 9.69. The minimum absolute atomic E-state index is 0.0538. The van der Waals surface area contributed by atoms with Crippen LogP contribution in [-0.4, -0.2) is 11.8 Å². The van der Waals surface area contributed by atoms with E-state index < -0.39 is 0 Å². The number of thioether (sulfide) groups is 1. The van der Waals surface area contributed by atoms with E-state index in [1.54, 1.807) is 12.1 Å². The van der Waals surface area contributed by atoms with Gasteiger partial charge in [-0.05, 0) is 36.2 Å². The largest absolute Gasteiger partial charge is 0.271 e. The maximum atomic E-state index is 13.5. The van der Waals surface area contributed by atoms with Gasteiger partial charge in [-0.15, -0.1) is 11.8 Å². The lowest BCUT2D eigenvalue weighted by molar-refractivity contribution is 0.573. The second-order valence-corrected chi connectivity index (χ2v) is 5.94. The highest BCUT2D eigenvalue weighted by molar-refractivity contribution is 7.99. The molecule has 0 aliphatic heterocycles. The average Bonchev–Trinajstić information content (AvgIpc) is 2.45. The molecule has 2 aromatic rings. The van der Waals surface area contributed by atoms with Crippen molar-refractivity contribution in [2.75, 3.05) is 5.75 Å². The van der Waals surface area contributed by atoms with Crippen LogP contribution in [0.1, 0.15) is 5.56 Å². The molecular weight excluding hydrogens is 295 g/mol. The minimum atomic E-state index is -0.198. The van der Waals surface area contributed by atoms with Crippen LogP contribution < -0.4 is 11.3 Å². The molecule has 0 spiro atoms. The maximum Gasteiger partial charge on any atom is 0.136 e. The van der Waals surface area contributed by atoms with Crippen molar-refractivity contribution in [1.82, 2.24) is 5.43 Å². The molecular formula is C15H16ClFN2S. The van der Waals surface area contributed by atoms with Crippen molar-refractivity contribution in [2.45, 2.75) is 17.4 Å². The lowest BCUT2D eigenvalue weighted by Crippen LogP contribution is -2.38. The Bertz CT molecular complexity index is 565. The summed E-state index contributed by atoms with van der Waals surface area (Å²) < 4.78 is 13.5. The summed E-state index contributed by atoms with van der Waals surface area (Å²) in [6.07, 6.45) is 0.749. The maximum absolute atomic E-state index is 13.5. The zero-order chi connectivity index (χ0) is 14.4. The molecule has 1 unspecified atom stereocenters. The standard InChI is InChI=1S/C15H16ClFN2S/c16-12-5-3-4-11(8-12)9-13(19-18)10-20-15-7-2-1-6-14(15)17/h1-8,13,19H,9-10,18H2. The highest BCUT2D eigenvalue weighted by Crippen LogP contribution is 2.23. The smallest absolute Gasteiger partial charge is 0.136 e. The Morgan fingerprint density at radius 2 is 2.00 bits per heavy atom. The van der Waals surface area contributed by atoms with Gasteiger partial charge in [-0.25, -0.2) is 4.39 Å². The Labute approximate surface area is 127 Å². The van der Waals surface area contributed by atoms with E-state index in [4.69, 9.17) is 17.4 Å². The topological polar surface area (TPSA) is 38.0 Å². The minimum Gasteiger partial charge on any atom is -0.271 e. The van der Waals surface area contributed by atoms with Crippen molar-refractivity contribution < 1.29 is 4.39 Å². The summed E-state index contributed by atoms with van der Waals surface area (Å²) in [5.41, 5.74) is 3.88. The molecule has 106 valence electrons. The van der Waals surface area contributed by atoms with Gasteiger partial charge in [0, 0.05) is 21.7 Å². The molecule has 1 atom stereocenters. The van der Waals surface area contributed by atoms with Gasteiger partial charge in [-0.3, -0.25) is 11.3 Å². The van der Waals surface area contributed by atoms with Crippen LogP contribution in [0, 0.1) is 5.82 Å². The van der Waals surface area contributed by atoms with Gasteiger partial charge in [0.1, 0.15) is 5.82 Å². The fourth-order valence-corrected chi connectivity index (χ4v) is 3.06. The summed E-state index contributed by atoms with van der Waals surface area (Å²) in [6, 6.07) is 14.5. The van der Waals surface area contributed by atoms with E-state index in [-0.39, 0.29) is 11.9 Å². The van der Waals surface area contributed by atoms with E-state index in [1.165, 1.54) is 17.8 Å². The number of hydrazine groups is 1. The van der Waals surface area contributed by atoms with Crippen LogP contribution in [0.5, 0.6) is 0 Å². The second-order valence-electron chi connectivity index (χ2n) is 4.44. The molecule has 0 radical (unpaired) electrons. The van der Waals surface area contributed by atoms with Crippen molar-refractivity contribution in [2.24, 2.45) is 5.84 Å². The van der Waals surface area contributed by atoms with Crippen LogP contribution in [0.3, 0.4) is 0 Å². The molecule has 0 aliphatic rings. The Balaban J connectivity index is 1.94. The normalized spacial score (nSPS) is 12.3. The first-order valence-electron chi connectivity index (χ1n) is 6.27. The first-order valence-corrected chi connectivity index (χ1v) is 7.63. The van der Waals surface area contributed by atoms with Crippen LogP contribution in [0.25, 0.3) is 0 Å². The van der Waals surface area contributed by atoms with Gasteiger partial charge in [0.05, 0.1) is 0 Å². The fourth-order valence-electron chi connectivity index (χ4n) is 1.87. The summed E-state index contributed by atoms with van der Waals surface area (Å²) in [7, 11) is 0. The van der Waals surface area contributed by atoms with Crippen molar-refractivity contribution in [1.29, 1.82) is 0 Å². The number of benzene rings is 2. The zero-order valence-corrected chi connectivity index (χ0v) is 12.4. The molecule has 20 heavy (non-hydrogen) atoms. The average molecular weight is 311 g/mol. The molecule has 0 bridgehead atoms. The van der Waals surface area contributed by atoms with Crippen LogP contribution in [0.15, 0.2) is 53.4 Å². The third kappa shape index (κ3) is 4.49. The van der Waals surface area contributed by atoms with Crippen LogP contribution in [-0.2, 0) is 6.42 Å². The number of hydrogen-bond acceptors (Lipinski definition) is 3. The van der Waals surface area contributed by atoms with Gasteiger partial charge >= 0.3 is 0 Å². The molecule has 0 fully saturated rings. The molecule has 0 saturated carbocycles. The van der Waals surface area contributed by atoms with E-state index in [1.807, 2.05) is 30.3 Å². The number of hydrogen-bond donors (Lipinski definition) is 2. The van der Waals surface area contributed by atoms with Crippen molar-refractivity contribution in [3.05, 3.63) is 64.9 Å². The Morgan fingerprint density at radius 3 is 2.70 bits per heavy atom. The predicted molar refractivity (Wildman–Crippen MR) is 83.4 cm³/mol. The monoisotopic (exact) mass is 310 g/mol. The van der Waals surface area contributed by atoms with Crippen LogP contribution in [0.2, 0.25) is 5.02 Å². The quantitative estimate of drug-likeness (QED) is 0.486. The van der Waals surface area contributed by atoms with E-state index in [2.05, 4.69) is 5.43 Å². The summed E-state index contributed by atoms with van der Waals surface area (Å²) in [6.45, 7) is 0. The van der Waals surface area contributed by atoms with Crippen molar-refractivity contribution in [3.8, 4) is 0 Å². The molecule has 0 amide bonds. The molecule has 2 rings (SSSR count). The van der Waals surface area contributed by atoms with Gasteiger partial charge in [0.2, 0.25) is 0 Å². The first kappa shape index (κ1) is 15.3. The Hall–Kier alpha value is -1.07. The predicted octanol–water partition coefficient (Wildman–Crippen LogP) is 3.65.